The molecule has 1 nitrogen and oxygen atoms in total. The fourth-order valence-corrected chi connectivity index (χ4v) is 1.99. The summed E-state index contributed by atoms with van der Waals surface area (Å²) in [6.45, 7) is 3.00. The Morgan fingerprint density at radius 2 is 1.62 bits per heavy atom. The van der Waals surface area contributed by atoms with Gasteiger partial charge < -0.3 is 0 Å². The van der Waals surface area contributed by atoms with Crippen LogP contribution in [-0.4, -0.2) is 29.7 Å². The molecule has 0 saturated carbocycles. The number of halogens is 3. The van der Waals surface area contributed by atoms with Crippen LogP contribution in [0.2, 0.25) is 0 Å². The number of hydrogen-bond acceptors (Lipinski definition) is 1. The van der Waals surface area contributed by atoms with E-state index in [1.165, 1.54) is 0 Å². The van der Waals surface area contributed by atoms with Gasteiger partial charge in [0.05, 0.1) is 6.54 Å². The maximum atomic E-state index is 12.1. The zero-order valence-electron chi connectivity index (χ0n) is 8.06. The molecule has 0 aromatic carbocycles. The van der Waals surface area contributed by atoms with Gasteiger partial charge >= 0.3 is 6.18 Å². The molecule has 78 valence electrons. The average molecular weight is 195 g/mol. The first-order valence-corrected chi connectivity index (χ1v) is 4.72. The van der Waals surface area contributed by atoms with E-state index >= 15 is 0 Å². The summed E-state index contributed by atoms with van der Waals surface area (Å²) in [6.07, 6.45) is -1.22. The lowest BCUT2D eigenvalue weighted by molar-refractivity contribution is -0.158. The summed E-state index contributed by atoms with van der Waals surface area (Å²) in [5.74, 6) is 0. The molecule has 1 saturated heterocycles. The molecule has 1 rings (SSSR count). The van der Waals surface area contributed by atoms with E-state index in [1.54, 1.807) is 4.90 Å². The third kappa shape index (κ3) is 3.18. The van der Waals surface area contributed by atoms with Crippen LogP contribution in [-0.2, 0) is 0 Å². The van der Waals surface area contributed by atoms with Crippen molar-refractivity contribution in [2.45, 2.75) is 51.4 Å². The van der Waals surface area contributed by atoms with Crippen molar-refractivity contribution in [3.05, 3.63) is 0 Å². The molecule has 0 unspecified atom stereocenters. The van der Waals surface area contributed by atoms with Crippen LogP contribution in [0.3, 0.4) is 0 Å². The third-order valence-corrected chi connectivity index (χ3v) is 2.74. The van der Waals surface area contributed by atoms with Gasteiger partial charge in [-0.1, -0.05) is 6.42 Å². The van der Waals surface area contributed by atoms with Crippen molar-refractivity contribution >= 4 is 0 Å². The molecule has 13 heavy (non-hydrogen) atoms. The number of rotatable bonds is 1. The normalized spacial score (nSPS) is 32.1. The third-order valence-electron chi connectivity index (χ3n) is 2.74. The van der Waals surface area contributed by atoms with Crippen LogP contribution < -0.4 is 0 Å². The molecule has 0 bridgehead atoms. The van der Waals surface area contributed by atoms with Crippen LogP contribution in [0.1, 0.15) is 33.1 Å². The van der Waals surface area contributed by atoms with E-state index in [9.17, 15) is 13.2 Å². The molecule has 0 radical (unpaired) electrons. The molecule has 0 N–H and O–H groups in total. The highest BCUT2D eigenvalue weighted by atomic mass is 19.4. The van der Waals surface area contributed by atoms with Gasteiger partial charge in [-0.15, -0.1) is 0 Å². The Hall–Kier alpha value is -0.250. The van der Waals surface area contributed by atoms with Crippen molar-refractivity contribution in [1.29, 1.82) is 0 Å². The topological polar surface area (TPSA) is 3.24 Å². The maximum absolute atomic E-state index is 12.1. The minimum Gasteiger partial charge on any atom is -0.290 e. The van der Waals surface area contributed by atoms with E-state index in [2.05, 4.69) is 0 Å². The fourth-order valence-electron chi connectivity index (χ4n) is 1.99. The summed E-state index contributed by atoms with van der Waals surface area (Å²) in [5, 5.41) is 0. The summed E-state index contributed by atoms with van der Waals surface area (Å²) in [4.78, 5) is 1.56. The Labute approximate surface area is 76.9 Å². The van der Waals surface area contributed by atoms with Crippen LogP contribution in [0.15, 0.2) is 0 Å². The van der Waals surface area contributed by atoms with Gasteiger partial charge in [-0.05, 0) is 26.7 Å². The van der Waals surface area contributed by atoms with E-state index in [1.807, 2.05) is 13.8 Å². The highest BCUT2D eigenvalue weighted by molar-refractivity contribution is 4.80. The van der Waals surface area contributed by atoms with Crippen molar-refractivity contribution < 1.29 is 13.2 Å². The number of piperidine rings is 1. The van der Waals surface area contributed by atoms with Crippen LogP contribution in [0.4, 0.5) is 13.2 Å². The Morgan fingerprint density at radius 3 is 2.00 bits per heavy atom. The van der Waals surface area contributed by atoms with Gasteiger partial charge in [-0.2, -0.15) is 13.2 Å². The highest BCUT2D eigenvalue weighted by Gasteiger charge is 2.36. The van der Waals surface area contributed by atoms with Crippen molar-refractivity contribution in [1.82, 2.24) is 4.90 Å². The van der Waals surface area contributed by atoms with Crippen molar-refractivity contribution in [3.8, 4) is 0 Å². The first kappa shape index (κ1) is 10.8. The minimum atomic E-state index is -4.06. The first-order valence-electron chi connectivity index (χ1n) is 4.72. The summed E-state index contributed by atoms with van der Waals surface area (Å²) in [7, 11) is 0. The van der Waals surface area contributed by atoms with Crippen molar-refractivity contribution in [2.75, 3.05) is 6.54 Å². The van der Waals surface area contributed by atoms with Gasteiger partial charge in [-0.3, -0.25) is 4.90 Å². The molecule has 0 spiro atoms. The molecule has 0 aliphatic carbocycles. The lowest BCUT2D eigenvalue weighted by Gasteiger charge is -2.39. The molecule has 0 amide bonds. The second-order valence-corrected chi connectivity index (χ2v) is 3.92. The Bertz CT molecular complexity index is 157. The van der Waals surface area contributed by atoms with E-state index in [-0.39, 0.29) is 12.1 Å². The molecule has 0 aromatic rings. The van der Waals surface area contributed by atoms with E-state index in [0.717, 1.165) is 19.3 Å². The monoisotopic (exact) mass is 195 g/mol. The van der Waals surface area contributed by atoms with Crippen LogP contribution >= 0.6 is 0 Å². The highest BCUT2D eigenvalue weighted by Crippen LogP contribution is 2.26. The van der Waals surface area contributed by atoms with Gasteiger partial charge in [0.25, 0.3) is 0 Å². The Balaban J connectivity index is 2.54. The second-order valence-electron chi connectivity index (χ2n) is 3.92. The van der Waals surface area contributed by atoms with Crippen molar-refractivity contribution in [3.63, 3.8) is 0 Å². The lowest BCUT2D eigenvalue weighted by atomic mass is 9.98. The SMILES string of the molecule is C[C@@H]1CCC[C@H](C)N1CC(F)(F)F. The minimum absolute atomic E-state index is 0.0744. The maximum Gasteiger partial charge on any atom is 0.401 e. The van der Waals surface area contributed by atoms with Crippen LogP contribution in [0, 0.1) is 0 Å². The summed E-state index contributed by atoms with van der Waals surface area (Å²) in [5.41, 5.74) is 0. The molecule has 1 aliphatic heterocycles. The van der Waals surface area contributed by atoms with Gasteiger partial charge in [0, 0.05) is 12.1 Å². The van der Waals surface area contributed by atoms with Gasteiger partial charge in [0.1, 0.15) is 0 Å². The smallest absolute Gasteiger partial charge is 0.290 e. The number of nitrogens with zero attached hydrogens (tertiary/aromatic N) is 1. The molecule has 2 atom stereocenters. The quantitative estimate of drug-likeness (QED) is 0.622. The largest absolute Gasteiger partial charge is 0.401 e. The number of hydrogen-bond donors (Lipinski definition) is 0. The van der Waals surface area contributed by atoms with Crippen molar-refractivity contribution in [2.24, 2.45) is 0 Å². The van der Waals surface area contributed by atoms with E-state index in [0.29, 0.717) is 0 Å². The van der Waals surface area contributed by atoms with Gasteiger partial charge in [0.2, 0.25) is 0 Å². The van der Waals surface area contributed by atoms with Gasteiger partial charge in [0.15, 0.2) is 0 Å². The predicted molar refractivity (Wildman–Crippen MR) is 45.5 cm³/mol. The number of likely N-dealkylation sites (tertiary alicyclic amines) is 1. The molecular formula is C9H16F3N. The fraction of sp³-hybridized carbons (Fsp3) is 1.00. The molecule has 1 aliphatic rings. The first-order chi connectivity index (χ1) is 5.90. The lowest BCUT2D eigenvalue weighted by Crippen LogP contribution is -2.48. The Morgan fingerprint density at radius 1 is 1.15 bits per heavy atom. The van der Waals surface area contributed by atoms with E-state index in [4.69, 9.17) is 0 Å². The second kappa shape index (κ2) is 3.86. The van der Waals surface area contributed by atoms with Crippen LogP contribution in [0.25, 0.3) is 0 Å². The van der Waals surface area contributed by atoms with E-state index < -0.39 is 12.7 Å². The summed E-state index contributed by atoms with van der Waals surface area (Å²) < 4.78 is 36.4. The Kier molecular flexibility index (Phi) is 3.22. The number of alkyl halides is 3. The van der Waals surface area contributed by atoms with Crippen LogP contribution in [0.5, 0.6) is 0 Å². The molecule has 0 aromatic heterocycles. The average Bonchev–Trinajstić information content (AvgIpc) is 1.95. The predicted octanol–water partition coefficient (Wildman–Crippen LogP) is 2.81. The summed E-state index contributed by atoms with van der Waals surface area (Å²) in [6, 6.07) is 0.149. The summed E-state index contributed by atoms with van der Waals surface area (Å²) >= 11 is 0. The molecule has 1 fully saturated rings. The standard InChI is InChI=1S/C9H16F3N/c1-7-4-3-5-8(2)13(7)6-9(10,11)12/h7-8H,3-6H2,1-2H3/t7-,8+. The van der Waals surface area contributed by atoms with Gasteiger partial charge in [-0.25, -0.2) is 0 Å². The zero-order chi connectivity index (χ0) is 10.1. The zero-order valence-corrected chi connectivity index (χ0v) is 8.06. The molecule has 4 heteroatoms. The molecule has 1 heterocycles. The molecular weight excluding hydrogens is 179 g/mol.